The van der Waals surface area contributed by atoms with Gasteiger partial charge in [-0.3, -0.25) is 0 Å². The van der Waals surface area contributed by atoms with Crippen LogP contribution in [0.25, 0.3) is 10.6 Å². The summed E-state index contributed by atoms with van der Waals surface area (Å²) in [5.74, 6) is 1.43. The Balaban J connectivity index is 1.59. The summed E-state index contributed by atoms with van der Waals surface area (Å²) in [6.45, 7) is 1.15. The molecule has 0 radical (unpaired) electrons. The van der Waals surface area contributed by atoms with Crippen molar-refractivity contribution in [1.29, 1.82) is 0 Å². The maximum absolute atomic E-state index is 11.8. The molecule has 20 heavy (non-hydrogen) atoms. The molecule has 104 valence electrons. The number of nitrogens with one attached hydrogen (secondary N) is 2. The second-order valence-corrected chi connectivity index (χ2v) is 5.23. The van der Waals surface area contributed by atoms with Gasteiger partial charge in [0.25, 0.3) is 0 Å². The number of carbonyl (C=O) groups is 2. The van der Waals surface area contributed by atoms with Crippen molar-refractivity contribution in [2.24, 2.45) is 0 Å². The van der Waals surface area contributed by atoms with Crippen molar-refractivity contribution < 1.29 is 14.0 Å². The minimum Gasteiger partial charge on any atom is -0.458 e. The Kier molecular flexibility index (Phi) is 3.42. The third kappa shape index (κ3) is 2.53. The quantitative estimate of drug-likeness (QED) is 0.910. The molecule has 0 aliphatic carbocycles. The Labute approximate surface area is 119 Å². The van der Waals surface area contributed by atoms with Crippen LogP contribution in [-0.4, -0.2) is 30.1 Å². The van der Waals surface area contributed by atoms with Gasteiger partial charge in [0.2, 0.25) is 0 Å². The summed E-state index contributed by atoms with van der Waals surface area (Å²) in [4.78, 5) is 25.3. The first kappa shape index (κ1) is 12.7. The first-order chi connectivity index (χ1) is 9.74. The number of nitrogens with zero attached hydrogens (tertiary/aromatic N) is 1. The maximum atomic E-state index is 11.8. The number of urea groups is 2. The highest BCUT2D eigenvalue weighted by Gasteiger charge is 2.25. The molecule has 1 saturated heterocycles. The van der Waals surface area contributed by atoms with E-state index in [-0.39, 0.29) is 12.6 Å². The fraction of sp³-hybridized carbons (Fsp3) is 0.231. The minimum atomic E-state index is -0.408. The predicted octanol–water partition coefficient (Wildman–Crippen LogP) is 2.24. The van der Waals surface area contributed by atoms with Crippen molar-refractivity contribution in [3.8, 4) is 10.6 Å². The average molecular weight is 291 g/mol. The maximum Gasteiger partial charge on any atom is 0.325 e. The van der Waals surface area contributed by atoms with Crippen molar-refractivity contribution >= 4 is 23.4 Å². The van der Waals surface area contributed by atoms with Gasteiger partial charge in [-0.2, -0.15) is 0 Å². The molecule has 0 bridgehead atoms. The van der Waals surface area contributed by atoms with Gasteiger partial charge in [-0.05, 0) is 23.6 Å². The number of hydrogen-bond donors (Lipinski definition) is 2. The molecule has 4 amide bonds. The molecule has 6 nitrogen and oxygen atoms in total. The number of hydrogen-bond acceptors (Lipinski definition) is 4. The molecule has 3 rings (SSSR count). The number of amides is 4. The third-order valence-corrected chi connectivity index (χ3v) is 3.83. The zero-order chi connectivity index (χ0) is 13.9. The summed E-state index contributed by atoms with van der Waals surface area (Å²) in [6.07, 6.45) is 0. The van der Waals surface area contributed by atoms with Crippen LogP contribution in [0.5, 0.6) is 0 Å². The SMILES string of the molecule is O=C1NCCN1C(=O)NCc1ccc(-c2cccs2)o1. The number of thiophene rings is 1. The van der Waals surface area contributed by atoms with Crippen LogP contribution in [0.2, 0.25) is 0 Å². The molecule has 2 aromatic heterocycles. The van der Waals surface area contributed by atoms with Crippen molar-refractivity contribution in [1.82, 2.24) is 15.5 Å². The van der Waals surface area contributed by atoms with E-state index in [4.69, 9.17) is 4.42 Å². The smallest absolute Gasteiger partial charge is 0.325 e. The van der Waals surface area contributed by atoms with Crippen LogP contribution in [0.4, 0.5) is 9.59 Å². The molecular weight excluding hydrogens is 278 g/mol. The lowest BCUT2D eigenvalue weighted by Crippen LogP contribution is -2.41. The lowest BCUT2D eigenvalue weighted by atomic mass is 10.3. The molecular formula is C13H13N3O3S. The zero-order valence-corrected chi connectivity index (χ0v) is 11.4. The van der Waals surface area contributed by atoms with Crippen LogP contribution in [0, 0.1) is 0 Å². The normalized spacial score (nSPS) is 14.4. The highest BCUT2D eigenvalue weighted by atomic mass is 32.1. The first-order valence-corrected chi connectivity index (χ1v) is 7.08. The van der Waals surface area contributed by atoms with Gasteiger partial charge in [0.1, 0.15) is 11.5 Å². The molecule has 2 aromatic rings. The Morgan fingerprint density at radius 2 is 2.35 bits per heavy atom. The second kappa shape index (κ2) is 5.38. The van der Waals surface area contributed by atoms with E-state index in [1.807, 2.05) is 29.6 Å². The lowest BCUT2D eigenvalue weighted by molar-refractivity contribution is 0.198. The predicted molar refractivity (Wildman–Crippen MR) is 74.4 cm³/mol. The standard InChI is InChI=1S/C13H13N3O3S/c17-12-14-5-6-16(12)13(18)15-8-9-3-4-10(19-9)11-2-1-7-20-11/h1-4,7H,5-6,8H2,(H,14,17)(H,15,18). The Morgan fingerprint density at radius 3 is 3.05 bits per heavy atom. The topological polar surface area (TPSA) is 74.6 Å². The number of rotatable bonds is 3. The summed E-state index contributed by atoms with van der Waals surface area (Å²) in [6, 6.07) is 6.85. The number of furan rings is 1. The minimum absolute atomic E-state index is 0.258. The molecule has 0 saturated carbocycles. The number of imide groups is 1. The molecule has 1 aliphatic heterocycles. The summed E-state index contributed by atoms with van der Waals surface area (Å²) >= 11 is 1.59. The van der Waals surface area contributed by atoms with Crippen molar-refractivity contribution in [3.63, 3.8) is 0 Å². The fourth-order valence-corrected chi connectivity index (χ4v) is 2.63. The molecule has 2 N–H and O–H groups in total. The summed E-state index contributed by atoms with van der Waals surface area (Å²) in [5.41, 5.74) is 0. The van der Waals surface area contributed by atoms with Gasteiger partial charge in [0.15, 0.2) is 0 Å². The zero-order valence-electron chi connectivity index (χ0n) is 10.6. The van der Waals surface area contributed by atoms with Crippen LogP contribution in [-0.2, 0) is 6.54 Å². The van der Waals surface area contributed by atoms with Crippen LogP contribution >= 0.6 is 11.3 Å². The van der Waals surface area contributed by atoms with E-state index in [0.29, 0.717) is 18.8 Å². The van der Waals surface area contributed by atoms with Gasteiger partial charge in [-0.15, -0.1) is 11.3 Å². The molecule has 0 spiro atoms. The largest absolute Gasteiger partial charge is 0.458 e. The molecule has 0 unspecified atom stereocenters. The van der Waals surface area contributed by atoms with Crippen LogP contribution in [0.3, 0.4) is 0 Å². The summed E-state index contributed by atoms with van der Waals surface area (Å²) < 4.78 is 5.64. The van der Waals surface area contributed by atoms with Crippen LogP contribution in [0.1, 0.15) is 5.76 Å². The van der Waals surface area contributed by atoms with Gasteiger partial charge < -0.3 is 15.1 Å². The van der Waals surface area contributed by atoms with Crippen molar-refractivity contribution in [2.45, 2.75) is 6.54 Å². The van der Waals surface area contributed by atoms with Gasteiger partial charge in [0, 0.05) is 13.1 Å². The van der Waals surface area contributed by atoms with Gasteiger partial charge in [-0.25, -0.2) is 14.5 Å². The van der Waals surface area contributed by atoms with E-state index >= 15 is 0 Å². The third-order valence-electron chi connectivity index (χ3n) is 2.94. The van der Waals surface area contributed by atoms with Crippen molar-refractivity contribution in [2.75, 3.05) is 13.1 Å². The highest BCUT2D eigenvalue weighted by Crippen LogP contribution is 2.26. The molecule has 1 aliphatic rings. The Morgan fingerprint density at radius 1 is 1.45 bits per heavy atom. The van der Waals surface area contributed by atoms with E-state index in [9.17, 15) is 9.59 Å². The molecule has 0 atom stereocenters. The molecule has 7 heteroatoms. The Hall–Kier alpha value is -2.28. The van der Waals surface area contributed by atoms with E-state index in [1.165, 1.54) is 0 Å². The first-order valence-electron chi connectivity index (χ1n) is 6.20. The van der Waals surface area contributed by atoms with Gasteiger partial charge >= 0.3 is 12.1 Å². The second-order valence-electron chi connectivity index (χ2n) is 4.29. The van der Waals surface area contributed by atoms with E-state index < -0.39 is 6.03 Å². The fourth-order valence-electron chi connectivity index (χ4n) is 1.95. The van der Waals surface area contributed by atoms with E-state index in [1.54, 1.807) is 11.3 Å². The summed E-state index contributed by atoms with van der Waals surface area (Å²) in [7, 11) is 0. The molecule has 0 aromatic carbocycles. The van der Waals surface area contributed by atoms with Crippen LogP contribution < -0.4 is 10.6 Å². The molecule has 3 heterocycles. The summed E-state index contributed by atoms with van der Waals surface area (Å²) in [5, 5.41) is 7.22. The van der Waals surface area contributed by atoms with Crippen LogP contribution in [0.15, 0.2) is 34.1 Å². The van der Waals surface area contributed by atoms with Crippen molar-refractivity contribution in [3.05, 3.63) is 35.4 Å². The number of carbonyl (C=O) groups excluding carboxylic acids is 2. The lowest BCUT2D eigenvalue weighted by Gasteiger charge is -2.12. The van der Waals surface area contributed by atoms with E-state index in [0.717, 1.165) is 15.5 Å². The highest BCUT2D eigenvalue weighted by molar-refractivity contribution is 7.13. The Bertz CT molecular complexity index is 621. The average Bonchev–Trinajstić information content (AvgIpc) is 3.16. The van der Waals surface area contributed by atoms with Gasteiger partial charge in [0.05, 0.1) is 11.4 Å². The molecule has 1 fully saturated rings. The monoisotopic (exact) mass is 291 g/mol. The van der Waals surface area contributed by atoms with Gasteiger partial charge in [-0.1, -0.05) is 6.07 Å². The van der Waals surface area contributed by atoms with E-state index in [2.05, 4.69) is 10.6 Å².